The first kappa shape index (κ1) is 14.4. The van der Waals surface area contributed by atoms with Crippen molar-refractivity contribution in [2.75, 3.05) is 13.1 Å². The van der Waals surface area contributed by atoms with E-state index in [1.807, 2.05) is 6.07 Å². The number of pyridine rings is 1. The standard InChI is InChI=1S/C11H16N2O2S.ClH/c14-16(15,11-3-6-12-7-4-11)9-10-2-1-5-13-8-10;/h1-2,5,8,11-12H,3-4,6-7,9H2;1H. The highest BCUT2D eigenvalue weighted by Crippen LogP contribution is 2.17. The summed E-state index contributed by atoms with van der Waals surface area (Å²) in [6.45, 7) is 1.61. The molecular formula is C11H17ClN2O2S. The summed E-state index contributed by atoms with van der Waals surface area (Å²) in [5.41, 5.74) is 0.779. The molecule has 0 spiro atoms. The minimum atomic E-state index is -3.02. The second-order valence-electron chi connectivity index (χ2n) is 4.12. The maximum absolute atomic E-state index is 12.1. The molecule has 0 aliphatic carbocycles. The average Bonchev–Trinajstić information content (AvgIpc) is 2.31. The molecule has 0 atom stereocenters. The fraction of sp³-hybridized carbons (Fsp3) is 0.545. The summed E-state index contributed by atoms with van der Waals surface area (Å²) < 4.78 is 24.2. The van der Waals surface area contributed by atoms with Crippen LogP contribution in [0.3, 0.4) is 0 Å². The summed E-state index contributed by atoms with van der Waals surface area (Å²) in [4.78, 5) is 3.94. The predicted octanol–water partition coefficient (Wildman–Crippen LogP) is 1.17. The van der Waals surface area contributed by atoms with E-state index < -0.39 is 9.84 Å². The van der Waals surface area contributed by atoms with Crippen molar-refractivity contribution in [3.05, 3.63) is 30.1 Å². The Morgan fingerprint density at radius 2 is 2.06 bits per heavy atom. The van der Waals surface area contributed by atoms with Gasteiger partial charge in [0.15, 0.2) is 9.84 Å². The largest absolute Gasteiger partial charge is 0.317 e. The van der Waals surface area contributed by atoms with Gasteiger partial charge in [-0.1, -0.05) is 6.07 Å². The zero-order valence-electron chi connectivity index (χ0n) is 9.50. The molecule has 1 aliphatic heterocycles. The third-order valence-corrected chi connectivity index (χ3v) is 5.11. The molecule has 2 heterocycles. The topological polar surface area (TPSA) is 59.1 Å². The van der Waals surface area contributed by atoms with Gasteiger partial charge in [-0.15, -0.1) is 12.4 Å². The summed E-state index contributed by atoms with van der Waals surface area (Å²) in [7, 11) is -3.02. The lowest BCUT2D eigenvalue weighted by atomic mass is 10.2. The van der Waals surface area contributed by atoms with Gasteiger partial charge in [-0.2, -0.15) is 0 Å². The van der Waals surface area contributed by atoms with Gasteiger partial charge >= 0.3 is 0 Å². The van der Waals surface area contributed by atoms with Crippen LogP contribution in [0.15, 0.2) is 24.5 Å². The molecule has 1 aliphatic rings. The molecule has 1 aromatic rings. The first-order valence-corrected chi connectivity index (χ1v) is 7.21. The fourth-order valence-corrected chi connectivity index (χ4v) is 3.81. The third-order valence-electron chi connectivity index (χ3n) is 2.88. The molecule has 1 N–H and O–H groups in total. The van der Waals surface area contributed by atoms with E-state index in [4.69, 9.17) is 0 Å². The number of aromatic nitrogens is 1. The van der Waals surface area contributed by atoms with E-state index in [1.54, 1.807) is 18.5 Å². The quantitative estimate of drug-likeness (QED) is 0.900. The molecule has 17 heavy (non-hydrogen) atoms. The van der Waals surface area contributed by atoms with Crippen molar-refractivity contribution in [1.29, 1.82) is 0 Å². The van der Waals surface area contributed by atoms with Gasteiger partial charge in [-0.25, -0.2) is 8.42 Å². The predicted molar refractivity (Wildman–Crippen MR) is 70.0 cm³/mol. The monoisotopic (exact) mass is 276 g/mol. The number of piperidine rings is 1. The van der Waals surface area contributed by atoms with Gasteiger partial charge in [0, 0.05) is 12.4 Å². The number of rotatable bonds is 3. The maximum Gasteiger partial charge on any atom is 0.157 e. The van der Waals surface area contributed by atoms with Crippen molar-refractivity contribution in [2.24, 2.45) is 0 Å². The molecule has 0 bridgehead atoms. The average molecular weight is 277 g/mol. The van der Waals surface area contributed by atoms with Crippen LogP contribution in [-0.2, 0) is 15.6 Å². The van der Waals surface area contributed by atoms with E-state index in [-0.39, 0.29) is 23.4 Å². The molecule has 0 saturated carbocycles. The van der Waals surface area contributed by atoms with Crippen molar-refractivity contribution in [3.63, 3.8) is 0 Å². The summed E-state index contributed by atoms with van der Waals surface area (Å²) >= 11 is 0. The lowest BCUT2D eigenvalue weighted by Crippen LogP contribution is -2.36. The molecule has 1 saturated heterocycles. The van der Waals surface area contributed by atoms with Gasteiger partial charge in [0.1, 0.15) is 0 Å². The number of nitrogens with one attached hydrogen (secondary N) is 1. The van der Waals surface area contributed by atoms with E-state index in [2.05, 4.69) is 10.3 Å². The first-order valence-electron chi connectivity index (χ1n) is 5.50. The SMILES string of the molecule is Cl.O=S(=O)(Cc1cccnc1)C1CCNCC1. The normalized spacial score (nSPS) is 17.4. The smallest absolute Gasteiger partial charge is 0.157 e. The Bertz CT molecular complexity index is 430. The van der Waals surface area contributed by atoms with Gasteiger partial charge in [0.2, 0.25) is 0 Å². The molecule has 0 amide bonds. The van der Waals surface area contributed by atoms with Gasteiger partial charge in [-0.3, -0.25) is 4.98 Å². The van der Waals surface area contributed by atoms with Gasteiger partial charge in [0.25, 0.3) is 0 Å². The van der Waals surface area contributed by atoms with E-state index >= 15 is 0 Å². The number of sulfone groups is 1. The van der Waals surface area contributed by atoms with Crippen LogP contribution >= 0.6 is 12.4 Å². The molecule has 6 heteroatoms. The highest BCUT2D eigenvalue weighted by Gasteiger charge is 2.27. The molecule has 1 aromatic heterocycles. The second-order valence-corrected chi connectivity index (χ2v) is 6.40. The third kappa shape index (κ3) is 3.94. The fourth-order valence-electron chi connectivity index (χ4n) is 1.99. The summed E-state index contributed by atoms with van der Waals surface area (Å²) in [5.74, 6) is 0.117. The van der Waals surface area contributed by atoms with Crippen molar-refractivity contribution >= 4 is 22.2 Å². The lowest BCUT2D eigenvalue weighted by Gasteiger charge is -2.22. The Labute approximate surface area is 108 Å². The molecular weight excluding hydrogens is 260 g/mol. The Kier molecular flexibility index (Phi) is 5.36. The summed E-state index contributed by atoms with van der Waals surface area (Å²) in [5, 5.41) is 2.99. The van der Waals surface area contributed by atoms with Crippen molar-refractivity contribution < 1.29 is 8.42 Å². The Morgan fingerprint density at radius 1 is 1.35 bits per heavy atom. The van der Waals surface area contributed by atoms with Crippen LogP contribution in [0.1, 0.15) is 18.4 Å². The first-order chi connectivity index (χ1) is 7.68. The van der Waals surface area contributed by atoms with Crippen molar-refractivity contribution in [2.45, 2.75) is 23.8 Å². The molecule has 96 valence electrons. The second kappa shape index (κ2) is 6.33. The van der Waals surface area contributed by atoms with Gasteiger partial charge < -0.3 is 5.32 Å². The maximum atomic E-state index is 12.1. The number of nitrogens with zero attached hydrogens (tertiary/aromatic N) is 1. The summed E-state index contributed by atoms with van der Waals surface area (Å²) in [6, 6.07) is 3.58. The molecule has 1 fully saturated rings. The van der Waals surface area contributed by atoms with Crippen LogP contribution in [-0.4, -0.2) is 31.7 Å². The summed E-state index contributed by atoms with van der Waals surface area (Å²) in [6.07, 6.45) is 4.73. The van der Waals surface area contributed by atoms with E-state index in [9.17, 15) is 8.42 Å². The minimum absolute atomic E-state index is 0. The van der Waals surface area contributed by atoms with E-state index in [0.717, 1.165) is 31.5 Å². The van der Waals surface area contributed by atoms with Crippen LogP contribution in [0.2, 0.25) is 0 Å². The van der Waals surface area contributed by atoms with Gasteiger partial charge in [-0.05, 0) is 37.6 Å². The molecule has 0 radical (unpaired) electrons. The zero-order valence-corrected chi connectivity index (χ0v) is 11.1. The molecule has 0 aromatic carbocycles. The highest BCUT2D eigenvalue weighted by molar-refractivity contribution is 7.91. The van der Waals surface area contributed by atoms with Crippen LogP contribution in [0, 0.1) is 0 Å². The number of hydrogen-bond acceptors (Lipinski definition) is 4. The zero-order chi connectivity index (χ0) is 11.4. The van der Waals surface area contributed by atoms with Crippen LogP contribution in [0.25, 0.3) is 0 Å². The van der Waals surface area contributed by atoms with E-state index in [1.165, 1.54) is 0 Å². The Balaban J connectivity index is 0.00000144. The lowest BCUT2D eigenvalue weighted by molar-refractivity contribution is 0.496. The van der Waals surface area contributed by atoms with Crippen LogP contribution in [0.5, 0.6) is 0 Å². The minimum Gasteiger partial charge on any atom is -0.317 e. The molecule has 0 unspecified atom stereocenters. The van der Waals surface area contributed by atoms with Gasteiger partial charge in [0.05, 0.1) is 11.0 Å². The highest BCUT2D eigenvalue weighted by atomic mass is 35.5. The Morgan fingerprint density at radius 3 is 2.65 bits per heavy atom. The number of halogens is 1. The van der Waals surface area contributed by atoms with E-state index in [0.29, 0.717) is 0 Å². The van der Waals surface area contributed by atoms with Crippen molar-refractivity contribution in [3.8, 4) is 0 Å². The van der Waals surface area contributed by atoms with Crippen LogP contribution < -0.4 is 5.32 Å². The van der Waals surface area contributed by atoms with Crippen molar-refractivity contribution in [1.82, 2.24) is 10.3 Å². The Hall–Kier alpha value is -0.650. The molecule has 4 nitrogen and oxygen atoms in total. The molecule has 2 rings (SSSR count). The number of hydrogen-bond donors (Lipinski definition) is 1. The van der Waals surface area contributed by atoms with Crippen LogP contribution in [0.4, 0.5) is 0 Å².